The standard InChI is InChI=1S/C18H17BrN4O2/c1-12-3-2-4-15(11-12)23-17(13-5-7-14(19)8-6-13)21-16(22-23)18(25)20-9-10-24/h2-8,11,24H,9-10H2,1H3,(H,20,25). The van der Waals surface area contributed by atoms with E-state index in [9.17, 15) is 4.79 Å². The Balaban J connectivity index is 2.09. The molecule has 3 rings (SSSR count). The van der Waals surface area contributed by atoms with Gasteiger partial charge in [-0.25, -0.2) is 9.67 Å². The van der Waals surface area contributed by atoms with Crippen molar-refractivity contribution in [2.75, 3.05) is 13.2 Å². The molecular formula is C18H17BrN4O2. The number of aliphatic hydroxyl groups excluding tert-OH is 1. The van der Waals surface area contributed by atoms with Gasteiger partial charge in [0.15, 0.2) is 5.82 Å². The fourth-order valence-corrected chi connectivity index (χ4v) is 2.65. The van der Waals surface area contributed by atoms with E-state index >= 15 is 0 Å². The molecule has 0 unspecified atom stereocenters. The summed E-state index contributed by atoms with van der Waals surface area (Å²) in [4.78, 5) is 16.6. The second-order valence-corrected chi connectivity index (χ2v) is 6.41. The molecular weight excluding hydrogens is 384 g/mol. The molecule has 0 saturated carbocycles. The van der Waals surface area contributed by atoms with Crippen LogP contribution in [-0.4, -0.2) is 38.9 Å². The minimum Gasteiger partial charge on any atom is -0.395 e. The molecule has 0 saturated heterocycles. The molecule has 6 nitrogen and oxygen atoms in total. The van der Waals surface area contributed by atoms with Crippen LogP contribution in [0.25, 0.3) is 17.1 Å². The molecule has 1 aromatic heterocycles. The van der Waals surface area contributed by atoms with Crippen LogP contribution in [0.5, 0.6) is 0 Å². The monoisotopic (exact) mass is 400 g/mol. The predicted octanol–water partition coefficient (Wildman–Crippen LogP) is 2.73. The number of amides is 1. The second-order valence-electron chi connectivity index (χ2n) is 5.50. The SMILES string of the molecule is Cc1cccc(-n2nc(C(=O)NCCO)nc2-c2ccc(Br)cc2)c1. The molecule has 0 atom stereocenters. The summed E-state index contributed by atoms with van der Waals surface area (Å²) in [5.41, 5.74) is 2.76. The lowest BCUT2D eigenvalue weighted by Gasteiger charge is -2.06. The molecule has 0 bridgehead atoms. The maximum Gasteiger partial charge on any atom is 0.291 e. The van der Waals surface area contributed by atoms with Gasteiger partial charge < -0.3 is 10.4 Å². The molecule has 0 spiro atoms. The van der Waals surface area contributed by atoms with Crippen molar-refractivity contribution in [3.8, 4) is 17.1 Å². The first-order valence-corrected chi connectivity index (χ1v) is 8.57. The number of carbonyl (C=O) groups is 1. The number of aromatic nitrogens is 3. The number of hydrogen-bond donors (Lipinski definition) is 2. The summed E-state index contributed by atoms with van der Waals surface area (Å²) in [5.74, 6) is 0.221. The quantitative estimate of drug-likeness (QED) is 0.689. The summed E-state index contributed by atoms with van der Waals surface area (Å²) >= 11 is 3.42. The maximum atomic E-state index is 12.2. The lowest BCUT2D eigenvalue weighted by atomic mass is 10.2. The van der Waals surface area contributed by atoms with Crippen LogP contribution in [0.3, 0.4) is 0 Å². The Morgan fingerprint density at radius 2 is 2.00 bits per heavy atom. The molecule has 1 amide bonds. The zero-order chi connectivity index (χ0) is 17.8. The first-order chi connectivity index (χ1) is 12.1. The van der Waals surface area contributed by atoms with Crippen LogP contribution < -0.4 is 5.32 Å². The molecule has 128 valence electrons. The minimum absolute atomic E-state index is 0.0628. The summed E-state index contributed by atoms with van der Waals surface area (Å²) < 4.78 is 2.61. The summed E-state index contributed by atoms with van der Waals surface area (Å²) in [6, 6.07) is 15.5. The minimum atomic E-state index is -0.418. The van der Waals surface area contributed by atoms with Crippen molar-refractivity contribution < 1.29 is 9.90 Å². The van der Waals surface area contributed by atoms with Gasteiger partial charge in [0.2, 0.25) is 5.82 Å². The van der Waals surface area contributed by atoms with Crippen molar-refractivity contribution in [2.45, 2.75) is 6.92 Å². The van der Waals surface area contributed by atoms with Crippen molar-refractivity contribution in [1.29, 1.82) is 0 Å². The zero-order valence-corrected chi connectivity index (χ0v) is 15.2. The molecule has 0 fully saturated rings. The van der Waals surface area contributed by atoms with Gasteiger partial charge in [0.1, 0.15) is 0 Å². The highest BCUT2D eigenvalue weighted by molar-refractivity contribution is 9.10. The van der Waals surface area contributed by atoms with E-state index in [1.165, 1.54) is 0 Å². The molecule has 1 heterocycles. The van der Waals surface area contributed by atoms with E-state index in [2.05, 4.69) is 31.3 Å². The lowest BCUT2D eigenvalue weighted by Crippen LogP contribution is -2.27. The molecule has 2 N–H and O–H groups in total. The van der Waals surface area contributed by atoms with Crippen LogP contribution >= 0.6 is 15.9 Å². The molecule has 0 aliphatic carbocycles. The topological polar surface area (TPSA) is 80.0 Å². The van der Waals surface area contributed by atoms with Gasteiger partial charge in [-0.05, 0) is 36.8 Å². The number of hydrogen-bond acceptors (Lipinski definition) is 4. The van der Waals surface area contributed by atoms with Crippen molar-refractivity contribution in [3.05, 3.63) is 64.4 Å². The van der Waals surface area contributed by atoms with Gasteiger partial charge in [0.05, 0.1) is 12.3 Å². The molecule has 2 aromatic carbocycles. The lowest BCUT2D eigenvalue weighted by molar-refractivity contribution is 0.0934. The first kappa shape index (κ1) is 17.3. The largest absolute Gasteiger partial charge is 0.395 e. The highest BCUT2D eigenvalue weighted by atomic mass is 79.9. The summed E-state index contributed by atoms with van der Waals surface area (Å²) in [6.07, 6.45) is 0. The highest BCUT2D eigenvalue weighted by Crippen LogP contribution is 2.23. The number of nitrogens with zero attached hydrogens (tertiary/aromatic N) is 3. The van der Waals surface area contributed by atoms with E-state index in [1.807, 2.05) is 55.5 Å². The summed E-state index contributed by atoms with van der Waals surface area (Å²) in [6.45, 7) is 2.02. The smallest absolute Gasteiger partial charge is 0.291 e. The van der Waals surface area contributed by atoms with Crippen LogP contribution in [0.1, 0.15) is 16.2 Å². The summed E-state index contributed by atoms with van der Waals surface area (Å²) in [5, 5.41) is 15.8. The van der Waals surface area contributed by atoms with Gasteiger partial charge in [-0.1, -0.05) is 40.2 Å². The zero-order valence-electron chi connectivity index (χ0n) is 13.6. The van der Waals surface area contributed by atoms with Gasteiger partial charge in [-0.3, -0.25) is 4.79 Å². The van der Waals surface area contributed by atoms with Crippen molar-refractivity contribution in [1.82, 2.24) is 20.1 Å². The van der Waals surface area contributed by atoms with E-state index in [-0.39, 0.29) is 19.0 Å². The Morgan fingerprint density at radius 1 is 1.24 bits per heavy atom. The van der Waals surface area contributed by atoms with E-state index < -0.39 is 5.91 Å². The van der Waals surface area contributed by atoms with Crippen LogP contribution in [0.4, 0.5) is 0 Å². The van der Waals surface area contributed by atoms with Crippen molar-refractivity contribution >= 4 is 21.8 Å². The number of rotatable bonds is 5. The average molecular weight is 401 g/mol. The van der Waals surface area contributed by atoms with Crippen LogP contribution in [-0.2, 0) is 0 Å². The number of aliphatic hydroxyl groups is 1. The number of carbonyl (C=O) groups excluding carboxylic acids is 1. The summed E-state index contributed by atoms with van der Waals surface area (Å²) in [7, 11) is 0. The molecule has 25 heavy (non-hydrogen) atoms. The van der Waals surface area contributed by atoms with Crippen molar-refractivity contribution in [2.24, 2.45) is 0 Å². The third kappa shape index (κ3) is 3.94. The van der Waals surface area contributed by atoms with Crippen LogP contribution in [0, 0.1) is 6.92 Å². The molecule has 0 radical (unpaired) electrons. The van der Waals surface area contributed by atoms with Gasteiger partial charge in [-0.15, -0.1) is 5.10 Å². The van der Waals surface area contributed by atoms with Crippen LogP contribution in [0.15, 0.2) is 53.0 Å². The van der Waals surface area contributed by atoms with Gasteiger partial charge >= 0.3 is 0 Å². The van der Waals surface area contributed by atoms with E-state index in [1.54, 1.807) is 4.68 Å². The molecule has 7 heteroatoms. The van der Waals surface area contributed by atoms with Crippen LogP contribution in [0.2, 0.25) is 0 Å². The van der Waals surface area contributed by atoms with Gasteiger partial charge in [0.25, 0.3) is 5.91 Å². The Hall–Kier alpha value is -2.51. The highest BCUT2D eigenvalue weighted by Gasteiger charge is 2.18. The average Bonchev–Trinajstić information content (AvgIpc) is 3.06. The first-order valence-electron chi connectivity index (χ1n) is 7.77. The van der Waals surface area contributed by atoms with Crippen molar-refractivity contribution in [3.63, 3.8) is 0 Å². The van der Waals surface area contributed by atoms with E-state index in [4.69, 9.17) is 5.11 Å². The van der Waals surface area contributed by atoms with Gasteiger partial charge in [0, 0.05) is 16.6 Å². The molecule has 3 aromatic rings. The number of aryl methyl sites for hydroxylation is 1. The fraction of sp³-hybridized carbons (Fsp3) is 0.167. The third-order valence-corrected chi connectivity index (χ3v) is 4.08. The normalized spacial score (nSPS) is 10.7. The Labute approximate surface area is 153 Å². The Morgan fingerprint density at radius 3 is 2.68 bits per heavy atom. The fourth-order valence-electron chi connectivity index (χ4n) is 2.38. The third-order valence-electron chi connectivity index (χ3n) is 3.56. The maximum absolute atomic E-state index is 12.2. The van der Waals surface area contributed by atoms with E-state index in [0.717, 1.165) is 21.3 Å². The van der Waals surface area contributed by atoms with E-state index in [0.29, 0.717) is 5.82 Å². The number of halogens is 1. The molecule has 0 aliphatic rings. The number of benzene rings is 2. The Kier molecular flexibility index (Phi) is 5.25. The van der Waals surface area contributed by atoms with Gasteiger partial charge in [-0.2, -0.15) is 0 Å². The predicted molar refractivity (Wildman–Crippen MR) is 98.7 cm³/mol. The second kappa shape index (κ2) is 7.58. The molecule has 0 aliphatic heterocycles. The number of nitrogens with one attached hydrogen (secondary N) is 1. The Bertz CT molecular complexity index is 890.